The van der Waals surface area contributed by atoms with E-state index >= 15 is 0 Å². The van der Waals surface area contributed by atoms with Crippen molar-refractivity contribution >= 4 is 23.0 Å². The van der Waals surface area contributed by atoms with E-state index in [1.165, 1.54) is 6.07 Å². The summed E-state index contributed by atoms with van der Waals surface area (Å²) in [6.07, 6.45) is 0. The lowest BCUT2D eigenvalue weighted by Gasteiger charge is -2.16. The number of carboxylic acids is 1. The van der Waals surface area contributed by atoms with E-state index in [1.54, 1.807) is 30.4 Å². The van der Waals surface area contributed by atoms with Crippen molar-refractivity contribution in [1.82, 2.24) is 14.8 Å². The number of aliphatic imine (C=N–C) groups is 1. The zero-order chi connectivity index (χ0) is 25.7. The first-order valence-electron chi connectivity index (χ1n) is 11.4. The molecule has 1 unspecified atom stereocenters. The first-order valence-corrected chi connectivity index (χ1v) is 12.2. The van der Waals surface area contributed by atoms with E-state index < -0.39 is 17.9 Å². The molecule has 36 heavy (non-hydrogen) atoms. The number of rotatable bonds is 4. The van der Waals surface area contributed by atoms with Crippen LogP contribution in [0.25, 0.3) is 16.1 Å². The van der Waals surface area contributed by atoms with E-state index in [9.17, 15) is 20.3 Å². The number of thiophene rings is 1. The Labute approximate surface area is 211 Å². The van der Waals surface area contributed by atoms with Gasteiger partial charge in [0.25, 0.3) is 0 Å². The number of nitriles is 1. The zero-order valence-electron chi connectivity index (χ0n) is 20.1. The van der Waals surface area contributed by atoms with Crippen molar-refractivity contribution in [2.75, 3.05) is 0 Å². The van der Waals surface area contributed by atoms with Crippen LogP contribution in [0.4, 0.5) is 0 Å². The first-order chi connectivity index (χ1) is 17.2. The minimum Gasteiger partial charge on any atom is -0.507 e. The van der Waals surface area contributed by atoms with E-state index in [4.69, 9.17) is 4.99 Å². The van der Waals surface area contributed by atoms with Crippen LogP contribution in [0.5, 0.6) is 5.75 Å². The number of hydrogen-bond donors (Lipinski definition) is 2. The fourth-order valence-corrected chi connectivity index (χ4v) is 5.68. The summed E-state index contributed by atoms with van der Waals surface area (Å²) in [4.78, 5) is 18.2. The number of fused-ring (bicyclic) bond motifs is 3. The maximum atomic E-state index is 12.0. The largest absolute Gasteiger partial charge is 0.507 e. The molecule has 4 aromatic rings. The Morgan fingerprint density at radius 1 is 1.11 bits per heavy atom. The molecule has 2 aromatic heterocycles. The van der Waals surface area contributed by atoms with Crippen LogP contribution in [0.15, 0.2) is 47.5 Å². The van der Waals surface area contributed by atoms with Crippen LogP contribution >= 0.6 is 11.3 Å². The fraction of sp³-hybridized carbons (Fsp3) is 0.222. The van der Waals surface area contributed by atoms with Gasteiger partial charge in [-0.2, -0.15) is 5.26 Å². The van der Waals surface area contributed by atoms with E-state index in [-0.39, 0.29) is 5.75 Å². The lowest BCUT2D eigenvalue weighted by molar-refractivity contribution is -0.141. The van der Waals surface area contributed by atoms with Crippen molar-refractivity contribution in [3.05, 3.63) is 81.2 Å². The summed E-state index contributed by atoms with van der Waals surface area (Å²) in [7, 11) is 0. The quantitative estimate of drug-likeness (QED) is 0.404. The number of phenols is 1. The molecule has 0 spiro atoms. The number of carboxylic acid groups (broad SMARTS) is 1. The molecule has 0 saturated carbocycles. The highest BCUT2D eigenvalue weighted by Gasteiger charge is 2.36. The monoisotopic (exact) mass is 497 g/mol. The van der Waals surface area contributed by atoms with E-state index in [1.807, 2.05) is 42.7 Å². The first kappa shape index (κ1) is 23.5. The van der Waals surface area contributed by atoms with E-state index in [0.717, 1.165) is 32.1 Å². The summed E-state index contributed by atoms with van der Waals surface area (Å²) in [6.45, 7) is 7.58. The molecule has 1 aliphatic rings. The Balaban J connectivity index is 1.71. The average Bonchev–Trinajstić information content (AvgIpc) is 3.33. The second-order valence-corrected chi connectivity index (χ2v) is 10.1. The third kappa shape index (κ3) is 3.67. The molecule has 0 radical (unpaired) electrons. The topological polar surface area (TPSA) is 124 Å². The van der Waals surface area contributed by atoms with Gasteiger partial charge in [0.2, 0.25) is 0 Å². The Morgan fingerprint density at radius 3 is 2.47 bits per heavy atom. The highest BCUT2D eigenvalue weighted by atomic mass is 32.1. The van der Waals surface area contributed by atoms with Crippen LogP contribution < -0.4 is 0 Å². The van der Waals surface area contributed by atoms with Crippen molar-refractivity contribution in [3.8, 4) is 27.9 Å². The molecule has 0 saturated heterocycles. The average molecular weight is 498 g/mol. The minimum absolute atomic E-state index is 0.0869. The number of phenolic OH excluding ortho intramolecular Hbond substituents is 1. The van der Waals surface area contributed by atoms with Crippen molar-refractivity contribution < 1.29 is 15.0 Å². The third-order valence-corrected chi connectivity index (χ3v) is 7.84. The van der Waals surface area contributed by atoms with E-state index in [2.05, 4.69) is 23.2 Å². The molecule has 2 atom stereocenters. The Morgan fingerprint density at radius 2 is 1.81 bits per heavy atom. The van der Waals surface area contributed by atoms with Gasteiger partial charge in [0.05, 0.1) is 23.3 Å². The van der Waals surface area contributed by atoms with Gasteiger partial charge < -0.3 is 10.2 Å². The molecule has 0 aliphatic carbocycles. The Hall–Kier alpha value is -4.29. The predicted molar refractivity (Wildman–Crippen MR) is 137 cm³/mol. The SMILES string of the molecule is Cc1sc2c(c1C)C(c1ccc(-c3cc(C#N)ccc3O)cc1)=N[C@@H](C(C)C(=O)O)c1nnc(C)n1-2. The number of aliphatic carboxylic acids is 1. The van der Waals surface area contributed by atoms with E-state index in [0.29, 0.717) is 28.5 Å². The van der Waals surface area contributed by atoms with Gasteiger partial charge in [-0.25, -0.2) is 0 Å². The van der Waals surface area contributed by atoms with Crippen LogP contribution in [0.2, 0.25) is 0 Å². The lowest BCUT2D eigenvalue weighted by Crippen LogP contribution is -2.21. The number of carbonyl (C=O) groups is 1. The van der Waals surface area contributed by atoms with Gasteiger partial charge in [0, 0.05) is 21.6 Å². The van der Waals surface area contributed by atoms with Crippen molar-refractivity contribution in [2.45, 2.75) is 33.7 Å². The van der Waals surface area contributed by atoms with Gasteiger partial charge >= 0.3 is 5.97 Å². The highest BCUT2D eigenvalue weighted by Crippen LogP contribution is 2.41. The van der Waals surface area contributed by atoms with Crippen LogP contribution in [0.3, 0.4) is 0 Å². The molecule has 9 heteroatoms. The number of aryl methyl sites for hydroxylation is 2. The zero-order valence-corrected chi connectivity index (χ0v) is 21.0. The van der Waals surface area contributed by atoms with Crippen molar-refractivity contribution in [2.24, 2.45) is 10.9 Å². The van der Waals surface area contributed by atoms with Crippen LogP contribution in [-0.4, -0.2) is 36.7 Å². The number of aromatic hydroxyl groups is 1. The van der Waals surface area contributed by atoms with Gasteiger partial charge in [-0.05, 0) is 57.0 Å². The van der Waals surface area contributed by atoms with Gasteiger partial charge in [-0.15, -0.1) is 21.5 Å². The summed E-state index contributed by atoms with van der Waals surface area (Å²) in [5, 5.41) is 39.0. The maximum absolute atomic E-state index is 12.0. The van der Waals surface area contributed by atoms with Gasteiger partial charge in [-0.1, -0.05) is 24.3 Å². The molecule has 8 nitrogen and oxygen atoms in total. The molecule has 1 aliphatic heterocycles. The number of aromatic nitrogens is 3. The summed E-state index contributed by atoms with van der Waals surface area (Å²) >= 11 is 1.61. The number of nitrogens with zero attached hydrogens (tertiary/aromatic N) is 5. The molecule has 180 valence electrons. The molecule has 2 N–H and O–H groups in total. The van der Waals surface area contributed by atoms with Crippen LogP contribution in [-0.2, 0) is 4.79 Å². The summed E-state index contributed by atoms with van der Waals surface area (Å²) in [5.41, 5.74) is 5.28. The molecule has 0 amide bonds. The summed E-state index contributed by atoms with van der Waals surface area (Å²) in [6, 6.07) is 13.7. The summed E-state index contributed by atoms with van der Waals surface area (Å²) in [5.74, 6) is -0.507. The fourth-order valence-electron chi connectivity index (χ4n) is 4.46. The van der Waals surface area contributed by atoms with Gasteiger partial charge in [-0.3, -0.25) is 14.4 Å². The molecular weight excluding hydrogens is 474 g/mol. The number of benzene rings is 2. The minimum atomic E-state index is -0.961. The summed E-state index contributed by atoms with van der Waals surface area (Å²) < 4.78 is 1.93. The second kappa shape index (κ2) is 8.73. The Kier molecular flexibility index (Phi) is 5.69. The molecular formula is C27H23N5O3S. The number of hydrogen-bond acceptors (Lipinski definition) is 7. The van der Waals surface area contributed by atoms with Gasteiger partial charge in [0.15, 0.2) is 5.82 Å². The van der Waals surface area contributed by atoms with Gasteiger partial charge in [0.1, 0.15) is 22.6 Å². The third-order valence-electron chi connectivity index (χ3n) is 6.65. The molecule has 3 heterocycles. The highest BCUT2D eigenvalue weighted by molar-refractivity contribution is 7.15. The smallest absolute Gasteiger partial charge is 0.308 e. The predicted octanol–water partition coefficient (Wildman–Crippen LogP) is 5.11. The molecule has 0 fully saturated rings. The molecule has 0 bridgehead atoms. The standard InChI is InChI=1S/C27H23N5O3S/c1-13-15(3)36-26-22(13)24(29-23(14(2)27(34)35)25-31-30-16(4)32(25)26)19-8-6-18(7-9-19)20-11-17(12-28)5-10-21(20)33/h5-11,14,23,33H,1-4H3,(H,34,35)/t14?,23-/m0/s1. The second-order valence-electron chi connectivity index (χ2n) is 8.87. The molecule has 2 aromatic carbocycles. The Bertz CT molecular complexity index is 1590. The van der Waals surface area contributed by atoms with Crippen molar-refractivity contribution in [3.63, 3.8) is 0 Å². The normalized spacial score (nSPS) is 15.3. The van der Waals surface area contributed by atoms with Crippen LogP contribution in [0, 0.1) is 38.0 Å². The lowest BCUT2D eigenvalue weighted by atomic mass is 9.95. The maximum Gasteiger partial charge on any atom is 0.308 e. The van der Waals surface area contributed by atoms with Crippen molar-refractivity contribution in [1.29, 1.82) is 5.26 Å². The van der Waals surface area contributed by atoms with Crippen LogP contribution in [0.1, 0.15) is 51.7 Å². The molecule has 5 rings (SSSR count).